The lowest BCUT2D eigenvalue weighted by Crippen LogP contribution is -2.40. The van der Waals surface area contributed by atoms with E-state index in [1.807, 2.05) is 23.8 Å². The number of hydrogen-bond acceptors (Lipinski definition) is 4. The van der Waals surface area contributed by atoms with Crippen LogP contribution in [0.3, 0.4) is 0 Å². The Kier molecular flexibility index (Phi) is 6.37. The van der Waals surface area contributed by atoms with E-state index in [0.717, 1.165) is 48.9 Å². The van der Waals surface area contributed by atoms with Crippen molar-refractivity contribution in [3.05, 3.63) is 46.6 Å². The Bertz CT molecular complexity index is 661. The lowest BCUT2D eigenvalue weighted by molar-refractivity contribution is -0.0711. The van der Waals surface area contributed by atoms with Gasteiger partial charge in [-0.05, 0) is 48.6 Å². The lowest BCUT2D eigenvalue weighted by atomic mass is 9.69. The summed E-state index contributed by atoms with van der Waals surface area (Å²) in [5.74, 6) is 0.542. The molecule has 25 heavy (non-hydrogen) atoms. The van der Waals surface area contributed by atoms with Gasteiger partial charge in [0.2, 0.25) is 0 Å². The van der Waals surface area contributed by atoms with Crippen molar-refractivity contribution in [1.29, 1.82) is 0 Å². The van der Waals surface area contributed by atoms with Gasteiger partial charge in [-0.2, -0.15) is 0 Å². The van der Waals surface area contributed by atoms with E-state index in [-0.39, 0.29) is 5.41 Å². The molecule has 0 bridgehead atoms. The van der Waals surface area contributed by atoms with Crippen LogP contribution in [0.4, 0.5) is 5.00 Å². The fourth-order valence-electron chi connectivity index (χ4n) is 3.72. The molecule has 0 saturated carbocycles. The van der Waals surface area contributed by atoms with E-state index in [4.69, 9.17) is 16.3 Å². The molecule has 1 saturated heterocycles. The van der Waals surface area contributed by atoms with Gasteiger partial charge in [0, 0.05) is 18.2 Å². The predicted octanol–water partition coefficient (Wildman–Crippen LogP) is 5.66. The van der Waals surface area contributed by atoms with Gasteiger partial charge in [-0.1, -0.05) is 43.6 Å². The second kappa shape index (κ2) is 8.52. The zero-order chi connectivity index (χ0) is 17.7. The molecule has 2 aromatic rings. The van der Waals surface area contributed by atoms with Crippen molar-refractivity contribution < 1.29 is 4.74 Å². The number of benzene rings is 1. The van der Waals surface area contributed by atoms with E-state index >= 15 is 0 Å². The molecule has 0 aliphatic carbocycles. The van der Waals surface area contributed by atoms with Crippen LogP contribution in [0.2, 0.25) is 5.02 Å². The van der Waals surface area contributed by atoms with E-state index in [0.29, 0.717) is 12.0 Å². The molecule has 5 heteroatoms. The molecule has 2 heterocycles. The van der Waals surface area contributed by atoms with Gasteiger partial charge in [0.15, 0.2) is 0 Å². The summed E-state index contributed by atoms with van der Waals surface area (Å²) in [6.07, 6.45) is 6.55. The van der Waals surface area contributed by atoms with Crippen LogP contribution in [0.25, 0.3) is 0 Å². The fraction of sp³-hybridized carbons (Fsp3) is 0.550. The molecule has 1 aliphatic heterocycles. The Morgan fingerprint density at radius 1 is 1.40 bits per heavy atom. The number of anilines is 1. The summed E-state index contributed by atoms with van der Waals surface area (Å²) in [5, 5.41) is 5.54. The zero-order valence-electron chi connectivity index (χ0n) is 15.0. The highest BCUT2D eigenvalue weighted by atomic mass is 35.5. The van der Waals surface area contributed by atoms with Crippen LogP contribution in [0, 0.1) is 11.3 Å². The van der Waals surface area contributed by atoms with E-state index in [1.165, 1.54) is 5.56 Å². The summed E-state index contributed by atoms with van der Waals surface area (Å²) in [5.41, 5.74) is 3.35. The van der Waals surface area contributed by atoms with Crippen molar-refractivity contribution in [1.82, 2.24) is 4.98 Å². The lowest BCUT2D eigenvalue weighted by Gasteiger charge is -2.43. The molecule has 3 nitrogen and oxygen atoms in total. The Hall–Kier alpha value is -1.10. The van der Waals surface area contributed by atoms with E-state index in [1.54, 1.807) is 11.3 Å². The van der Waals surface area contributed by atoms with Gasteiger partial charge in [0.05, 0.1) is 17.8 Å². The van der Waals surface area contributed by atoms with Crippen molar-refractivity contribution in [2.24, 2.45) is 11.3 Å². The molecular formula is C20H27ClN2OS. The first kappa shape index (κ1) is 18.7. The monoisotopic (exact) mass is 378 g/mol. The zero-order valence-corrected chi connectivity index (χ0v) is 16.6. The molecule has 0 spiro atoms. The standard InChI is InChI=1S/C20H27ClN2OS/c1-15(2)18-12-20(8-10-24-18,7-9-23-19-13-22-14-25-19)11-16-5-3-4-6-17(16)21/h3-6,13-15,18,23H,7-12H2,1-2H3/t18-,20-/m0/s1. The summed E-state index contributed by atoms with van der Waals surface area (Å²) in [6, 6.07) is 8.26. The molecule has 2 atom stereocenters. The molecule has 1 N–H and O–H groups in total. The van der Waals surface area contributed by atoms with Crippen LogP contribution < -0.4 is 5.32 Å². The van der Waals surface area contributed by atoms with Gasteiger partial charge in [0.1, 0.15) is 5.00 Å². The van der Waals surface area contributed by atoms with Crippen molar-refractivity contribution in [2.75, 3.05) is 18.5 Å². The van der Waals surface area contributed by atoms with E-state index < -0.39 is 0 Å². The SMILES string of the molecule is CC(C)[C@@H]1C[C@](CCNc2cncs2)(Cc2ccccc2Cl)CCO1. The molecule has 1 aliphatic rings. The minimum atomic E-state index is 0.232. The highest BCUT2D eigenvalue weighted by molar-refractivity contribution is 7.13. The maximum atomic E-state index is 6.47. The Balaban J connectivity index is 1.74. The molecule has 3 rings (SSSR count). The third-order valence-electron chi connectivity index (χ3n) is 5.25. The quantitative estimate of drug-likeness (QED) is 0.674. The molecule has 0 radical (unpaired) electrons. The first-order valence-electron chi connectivity index (χ1n) is 9.05. The number of nitrogens with one attached hydrogen (secondary N) is 1. The van der Waals surface area contributed by atoms with Crippen LogP contribution in [-0.4, -0.2) is 24.2 Å². The smallest absolute Gasteiger partial charge is 0.108 e. The van der Waals surface area contributed by atoms with Crippen LogP contribution in [0.15, 0.2) is 36.0 Å². The molecule has 1 aromatic carbocycles. The number of ether oxygens (including phenoxy) is 1. The molecule has 1 aromatic heterocycles. The number of hydrogen-bond donors (Lipinski definition) is 1. The van der Waals surface area contributed by atoms with Crippen LogP contribution in [0.5, 0.6) is 0 Å². The average molecular weight is 379 g/mol. The predicted molar refractivity (Wildman–Crippen MR) is 107 cm³/mol. The van der Waals surface area contributed by atoms with Crippen molar-refractivity contribution in [3.8, 4) is 0 Å². The van der Waals surface area contributed by atoms with Gasteiger partial charge in [0.25, 0.3) is 0 Å². The van der Waals surface area contributed by atoms with E-state index in [2.05, 4.69) is 36.3 Å². The average Bonchev–Trinajstić information content (AvgIpc) is 3.11. The van der Waals surface area contributed by atoms with Gasteiger partial charge < -0.3 is 10.1 Å². The third-order valence-corrected chi connectivity index (χ3v) is 6.35. The number of nitrogens with zero attached hydrogens (tertiary/aromatic N) is 1. The van der Waals surface area contributed by atoms with Crippen LogP contribution in [-0.2, 0) is 11.2 Å². The van der Waals surface area contributed by atoms with Crippen molar-refractivity contribution >= 4 is 27.9 Å². The first-order chi connectivity index (χ1) is 12.1. The second-order valence-corrected chi connectivity index (χ2v) is 8.71. The van der Waals surface area contributed by atoms with Gasteiger partial charge in [-0.25, -0.2) is 0 Å². The largest absolute Gasteiger partial charge is 0.378 e. The maximum absolute atomic E-state index is 6.47. The van der Waals surface area contributed by atoms with Crippen LogP contribution in [0.1, 0.15) is 38.7 Å². The maximum Gasteiger partial charge on any atom is 0.108 e. The number of thiazole rings is 1. The molecular weight excluding hydrogens is 352 g/mol. The third kappa shape index (κ3) is 4.96. The van der Waals surface area contributed by atoms with Crippen molar-refractivity contribution in [2.45, 2.75) is 45.6 Å². The fourth-order valence-corrected chi connectivity index (χ4v) is 4.46. The van der Waals surface area contributed by atoms with Gasteiger partial charge in [-0.3, -0.25) is 4.98 Å². The normalized spacial score (nSPS) is 23.8. The minimum Gasteiger partial charge on any atom is -0.378 e. The highest BCUT2D eigenvalue weighted by Gasteiger charge is 2.38. The van der Waals surface area contributed by atoms with Gasteiger partial charge >= 0.3 is 0 Å². The summed E-state index contributed by atoms with van der Waals surface area (Å²) in [6.45, 7) is 6.31. The highest BCUT2D eigenvalue weighted by Crippen LogP contribution is 2.42. The number of aromatic nitrogens is 1. The van der Waals surface area contributed by atoms with Gasteiger partial charge in [-0.15, -0.1) is 11.3 Å². The minimum absolute atomic E-state index is 0.232. The summed E-state index contributed by atoms with van der Waals surface area (Å²) in [4.78, 5) is 4.14. The molecule has 1 fully saturated rings. The van der Waals surface area contributed by atoms with E-state index in [9.17, 15) is 0 Å². The van der Waals surface area contributed by atoms with Crippen molar-refractivity contribution in [3.63, 3.8) is 0 Å². The number of halogens is 1. The first-order valence-corrected chi connectivity index (χ1v) is 10.3. The summed E-state index contributed by atoms with van der Waals surface area (Å²) in [7, 11) is 0. The molecule has 0 unspecified atom stereocenters. The number of rotatable bonds is 7. The molecule has 136 valence electrons. The molecule has 0 amide bonds. The summed E-state index contributed by atoms with van der Waals surface area (Å²) >= 11 is 8.12. The Morgan fingerprint density at radius 2 is 2.24 bits per heavy atom. The summed E-state index contributed by atoms with van der Waals surface area (Å²) < 4.78 is 6.05. The Morgan fingerprint density at radius 3 is 2.96 bits per heavy atom. The topological polar surface area (TPSA) is 34.2 Å². The van der Waals surface area contributed by atoms with Crippen LogP contribution >= 0.6 is 22.9 Å². The second-order valence-electron chi connectivity index (χ2n) is 7.42. The Labute approximate surface area is 159 Å².